The molecule has 3 rings (SSSR count). The maximum Gasteiger partial charge on any atom is 0.242 e. The summed E-state index contributed by atoms with van der Waals surface area (Å²) < 4.78 is 4.98. The van der Waals surface area contributed by atoms with Crippen LogP contribution in [0.2, 0.25) is 0 Å². The summed E-state index contributed by atoms with van der Waals surface area (Å²) in [7, 11) is 1.64. The Bertz CT molecular complexity index is 610. The molecule has 1 unspecified atom stereocenters. The number of amides is 2. The molecule has 1 atom stereocenters. The fraction of sp³-hybridized carbons (Fsp3) is 0.556. The number of ether oxygens (including phenoxy) is 1. The van der Waals surface area contributed by atoms with Gasteiger partial charge in [0.05, 0.1) is 0 Å². The fourth-order valence-electron chi connectivity index (χ4n) is 3.36. The van der Waals surface area contributed by atoms with Crippen molar-refractivity contribution in [1.82, 2.24) is 5.32 Å². The number of para-hydroxylation sites is 1. The van der Waals surface area contributed by atoms with Gasteiger partial charge in [0.2, 0.25) is 11.8 Å². The van der Waals surface area contributed by atoms with E-state index in [-0.39, 0.29) is 17.9 Å². The van der Waals surface area contributed by atoms with Crippen molar-refractivity contribution in [3.05, 3.63) is 29.8 Å². The minimum absolute atomic E-state index is 0.0424. The Kier molecular flexibility index (Phi) is 4.39. The van der Waals surface area contributed by atoms with E-state index in [1.165, 1.54) is 5.56 Å². The van der Waals surface area contributed by atoms with Crippen LogP contribution in [0, 0.1) is 5.41 Å². The monoisotopic (exact) mass is 316 g/mol. The van der Waals surface area contributed by atoms with Gasteiger partial charge < -0.3 is 15.0 Å². The third kappa shape index (κ3) is 2.85. The average molecular weight is 316 g/mol. The molecule has 2 amide bonds. The summed E-state index contributed by atoms with van der Waals surface area (Å²) in [5.74, 6) is -0.172. The molecule has 0 radical (unpaired) electrons. The summed E-state index contributed by atoms with van der Waals surface area (Å²) in [6, 6.07) is 8.09. The van der Waals surface area contributed by atoms with Crippen LogP contribution in [0.25, 0.3) is 0 Å². The van der Waals surface area contributed by atoms with Gasteiger partial charge in [-0.1, -0.05) is 18.2 Å². The molecule has 0 spiro atoms. The Morgan fingerprint density at radius 2 is 2.09 bits per heavy atom. The fourth-order valence-corrected chi connectivity index (χ4v) is 3.36. The molecule has 1 aliphatic carbocycles. The van der Waals surface area contributed by atoms with E-state index in [0.717, 1.165) is 18.5 Å². The van der Waals surface area contributed by atoms with Crippen LogP contribution in [0.4, 0.5) is 5.69 Å². The van der Waals surface area contributed by atoms with Crippen LogP contribution in [-0.2, 0) is 20.7 Å². The van der Waals surface area contributed by atoms with Crippen LogP contribution < -0.4 is 10.2 Å². The number of hydrogen-bond acceptors (Lipinski definition) is 3. The van der Waals surface area contributed by atoms with Crippen molar-refractivity contribution in [1.29, 1.82) is 0 Å². The van der Waals surface area contributed by atoms with E-state index < -0.39 is 5.41 Å². The van der Waals surface area contributed by atoms with Crippen LogP contribution in [0.5, 0.6) is 0 Å². The van der Waals surface area contributed by atoms with E-state index in [1.807, 2.05) is 30.0 Å². The van der Waals surface area contributed by atoms with E-state index in [0.29, 0.717) is 26.0 Å². The molecule has 23 heavy (non-hydrogen) atoms. The number of rotatable bonds is 6. The number of fused-ring (bicyclic) bond motifs is 1. The van der Waals surface area contributed by atoms with Crippen molar-refractivity contribution >= 4 is 17.5 Å². The summed E-state index contributed by atoms with van der Waals surface area (Å²) in [6.07, 6.45) is 2.91. The standard InChI is InChI=1S/C18H24N2O3/c1-13-12-14-6-3-4-7-15(14)20(13)17(22)18(8-9-18)16(21)19-10-5-11-23-2/h3-4,6-7,13H,5,8-12H2,1-2H3,(H,19,21). The Morgan fingerprint density at radius 3 is 2.78 bits per heavy atom. The Morgan fingerprint density at radius 1 is 1.35 bits per heavy atom. The predicted molar refractivity (Wildman–Crippen MR) is 88.3 cm³/mol. The lowest BCUT2D eigenvalue weighted by Crippen LogP contribution is -2.47. The van der Waals surface area contributed by atoms with Crippen LogP contribution in [0.1, 0.15) is 31.7 Å². The highest BCUT2D eigenvalue weighted by Crippen LogP contribution is 2.49. The van der Waals surface area contributed by atoms with Gasteiger partial charge in [-0.15, -0.1) is 0 Å². The number of benzene rings is 1. The number of carbonyl (C=O) groups is 2. The maximum atomic E-state index is 13.1. The minimum atomic E-state index is -0.848. The number of methoxy groups -OCH3 is 1. The molecule has 124 valence electrons. The largest absolute Gasteiger partial charge is 0.385 e. The van der Waals surface area contributed by atoms with Crippen molar-refractivity contribution in [2.45, 2.75) is 38.6 Å². The topological polar surface area (TPSA) is 58.6 Å². The SMILES string of the molecule is COCCCNC(=O)C1(C(=O)N2c3ccccc3CC2C)CC1. The van der Waals surface area contributed by atoms with E-state index in [1.54, 1.807) is 7.11 Å². The zero-order valence-corrected chi connectivity index (χ0v) is 13.8. The highest BCUT2D eigenvalue weighted by atomic mass is 16.5. The molecule has 5 heteroatoms. The Labute approximate surface area is 137 Å². The highest BCUT2D eigenvalue weighted by molar-refractivity contribution is 6.14. The van der Waals surface area contributed by atoms with Gasteiger partial charge in [0.25, 0.3) is 0 Å². The Hall–Kier alpha value is -1.88. The summed E-state index contributed by atoms with van der Waals surface area (Å²) >= 11 is 0. The average Bonchev–Trinajstić information content (AvgIpc) is 3.29. The second-order valence-electron chi connectivity index (χ2n) is 6.54. The first-order chi connectivity index (χ1) is 11.1. The number of nitrogens with zero attached hydrogens (tertiary/aromatic N) is 1. The maximum absolute atomic E-state index is 13.1. The van der Waals surface area contributed by atoms with Gasteiger partial charge >= 0.3 is 0 Å². The molecule has 1 N–H and O–H groups in total. The quantitative estimate of drug-likeness (QED) is 0.644. The molecule has 1 aromatic carbocycles. The summed E-state index contributed by atoms with van der Waals surface area (Å²) in [6.45, 7) is 3.20. The van der Waals surface area contributed by atoms with Gasteiger partial charge in [-0.3, -0.25) is 9.59 Å². The molecule has 1 aromatic rings. The molecule has 1 saturated carbocycles. The van der Waals surface area contributed by atoms with E-state index in [4.69, 9.17) is 4.74 Å². The zero-order valence-electron chi connectivity index (χ0n) is 13.8. The number of anilines is 1. The highest BCUT2D eigenvalue weighted by Gasteiger charge is 2.59. The summed E-state index contributed by atoms with van der Waals surface area (Å²) in [4.78, 5) is 27.4. The smallest absolute Gasteiger partial charge is 0.242 e. The van der Waals surface area contributed by atoms with Crippen molar-refractivity contribution in [3.63, 3.8) is 0 Å². The zero-order chi connectivity index (χ0) is 16.4. The first kappa shape index (κ1) is 16.0. The van der Waals surface area contributed by atoms with Gasteiger partial charge in [0, 0.05) is 32.0 Å². The van der Waals surface area contributed by atoms with Crippen LogP contribution >= 0.6 is 0 Å². The predicted octanol–water partition coefficient (Wildman–Crippen LogP) is 1.90. The third-order valence-corrected chi connectivity index (χ3v) is 4.83. The molecule has 2 aliphatic rings. The van der Waals surface area contributed by atoms with Crippen molar-refractivity contribution < 1.29 is 14.3 Å². The van der Waals surface area contributed by atoms with Crippen molar-refractivity contribution in [2.24, 2.45) is 5.41 Å². The molecule has 0 bridgehead atoms. The summed E-state index contributed by atoms with van der Waals surface area (Å²) in [5.41, 5.74) is 1.30. The lowest BCUT2D eigenvalue weighted by molar-refractivity contribution is -0.135. The number of nitrogens with one attached hydrogen (secondary N) is 1. The molecule has 1 fully saturated rings. The second kappa shape index (κ2) is 6.32. The van der Waals surface area contributed by atoms with Gasteiger partial charge in [0.1, 0.15) is 5.41 Å². The van der Waals surface area contributed by atoms with E-state index in [2.05, 4.69) is 11.4 Å². The van der Waals surface area contributed by atoms with Gasteiger partial charge in [0.15, 0.2) is 0 Å². The molecular formula is C18H24N2O3. The van der Waals surface area contributed by atoms with Crippen molar-refractivity contribution in [3.8, 4) is 0 Å². The molecule has 0 saturated heterocycles. The van der Waals surface area contributed by atoms with E-state index in [9.17, 15) is 9.59 Å². The van der Waals surface area contributed by atoms with E-state index >= 15 is 0 Å². The third-order valence-electron chi connectivity index (χ3n) is 4.83. The Balaban J connectivity index is 1.71. The number of carbonyl (C=O) groups excluding carboxylic acids is 2. The van der Waals surface area contributed by atoms with Gasteiger partial charge in [-0.05, 0) is 44.2 Å². The minimum Gasteiger partial charge on any atom is -0.385 e. The molecular weight excluding hydrogens is 292 g/mol. The normalized spacial score (nSPS) is 21.0. The molecule has 1 heterocycles. The van der Waals surface area contributed by atoms with Crippen molar-refractivity contribution in [2.75, 3.05) is 25.2 Å². The van der Waals surface area contributed by atoms with Gasteiger partial charge in [-0.2, -0.15) is 0 Å². The second-order valence-corrected chi connectivity index (χ2v) is 6.54. The first-order valence-electron chi connectivity index (χ1n) is 8.29. The number of hydrogen-bond donors (Lipinski definition) is 1. The van der Waals surface area contributed by atoms with Crippen LogP contribution in [0.3, 0.4) is 0 Å². The molecule has 5 nitrogen and oxygen atoms in total. The van der Waals surface area contributed by atoms with Crippen LogP contribution in [0.15, 0.2) is 24.3 Å². The first-order valence-corrected chi connectivity index (χ1v) is 8.29. The molecule has 1 aliphatic heterocycles. The lowest BCUT2D eigenvalue weighted by Gasteiger charge is -2.27. The lowest BCUT2D eigenvalue weighted by atomic mass is 10.0. The molecule has 0 aromatic heterocycles. The van der Waals surface area contributed by atoms with Gasteiger partial charge in [-0.25, -0.2) is 0 Å². The van der Waals surface area contributed by atoms with Crippen LogP contribution in [-0.4, -0.2) is 38.1 Å². The summed E-state index contributed by atoms with van der Waals surface area (Å²) in [5, 5.41) is 2.90.